The maximum atomic E-state index is 5.33. The zero-order valence-corrected chi connectivity index (χ0v) is 14.5. The highest BCUT2D eigenvalue weighted by atomic mass is 79.9. The number of halogens is 1. The van der Waals surface area contributed by atoms with E-state index >= 15 is 0 Å². The molecule has 112 valence electrons. The van der Waals surface area contributed by atoms with Gasteiger partial charge in [-0.15, -0.1) is 0 Å². The average molecular weight is 340 g/mol. The second-order valence-electron chi connectivity index (χ2n) is 6.42. The first-order chi connectivity index (χ1) is 9.51. The van der Waals surface area contributed by atoms with Gasteiger partial charge < -0.3 is 10.1 Å². The first-order valence-electron chi connectivity index (χ1n) is 7.61. The van der Waals surface area contributed by atoms with Crippen molar-refractivity contribution >= 4 is 21.6 Å². The topological polar surface area (TPSA) is 21.3 Å². The summed E-state index contributed by atoms with van der Waals surface area (Å²) in [6.45, 7) is 7.05. The Bertz CT molecular complexity index is 447. The minimum atomic E-state index is 0.558. The summed E-state index contributed by atoms with van der Waals surface area (Å²) in [5.41, 5.74) is 1.15. The van der Waals surface area contributed by atoms with Crippen molar-refractivity contribution in [3.05, 3.63) is 22.7 Å². The van der Waals surface area contributed by atoms with Crippen molar-refractivity contribution in [2.45, 2.75) is 46.1 Å². The first-order valence-corrected chi connectivity index (χ1v) is 8.40. The molecule has 1 aromatic carbocycles. The van der Waals surface area contributed by atoms with Crippen LogP contribution < -0.4 is 10.1 Å². The van der Waals surface area contributed by atoms with Crippen LogP contribution in [0.2, 0.25) is 0 Å². The van der Waals surface area contributed by atoms with Gasteiger partial charge in [0.1, 0.15) is 5.75 Å². The average Bonchev–Trinajstić information content (AvgIpc) is 2.41. The lowest BCUT2D eigenvalue weighted by Gasteiger charge is -2.38. The van der Waals surface area contributed by atoms with Crippen LogP contribution in [-0.2, 0) is 0 Å². The van der Waals surface area contributed by atoms with Gasteiger partial charge in [-0.05, 0) is 58.7 Å². The maximum Gasteiger partial charge on any atom is 0.121 e. The van der Waals surface area contributed by atoms with Crippen LogP contribution in [0.25, 0.3) is 0 Å². The number of rotatable bonds is 4. The van der Waals surface area contributed by atoms with Gasteiger partial charge in [0.25, 0.3) is 0 Å². The highest BCUT2D eigenvalue weighted by molar-refractivity contribution is 9.10. The number of benzene rings is 1. The van der Waals surface area contributed by atoms with E-state index in [0.29, 0.717) is 6.04 Å². The molecule has 3 unspecified atom stereocenters. The summed E-state index contributed by atoms with van der Waals surface area (Å²) in [5, 5.41) is 3.76. The fraction of sp³-hybridized carbons (Fsp3) is 0.647. The first kappa shape index (κ1) is 15.7. The highest BCUT2D eigenvalue weighted by Crippen LogP contribution is 2.37. The third-order valence-corrected chi connectivity index (χ3v) is 5.23. The number of hydrogen-bond donors (Lipinski definition) is 1. The monoisotopic (exact) mass is 339 g/mol. The van der Waals surface area contributed by atoms with E-state index in [4.69, 9.17) is 4.74 Å². The highest BCUT2D eigenvalue weighted by Gasteiger charge is 2.30. The van der Waals surface area contributed by atoms with Crippen molar-refractivity contribution in [2.75, 3.05) is 12.4 Å². The molecule has 0 heterocycles. The third-order valence-electron chi connectivity index (χ3n) is 4.54. The van der Waals surface area contributed by atoms with Crippen LogP contribution in [0.4, 0.5) is 5.69 Å². The Morgan fingerprint density at radius 2 is 2.05 bits per heavy atom. The molecule has 0 aromatic heterocycles. The molecule has 3 atom stereocenters. The lowest BCUT2D eigenvalue weighted by molar-refractivity contribution is 0.212. The molecule has 1 N–H and O–H groups in total. The van der Waals surface area contributed by atoms with Gasteiger partial charge in [0.05, 0.1) is 12.8 Å². The van der Waals surface area contributed by atoms with Gasteiger partial charge in [0.15, 0.2) is 0 Å². The van der Waals surface area contributed by atoms with Crippen LogP contribution in [0.1, 0.15) is 40.0 Å². The van der Waals surface area contributed by atoms with Crippen LogP contribution in [-0.4, -0.2) is 13.2 Å². The molecule has 1 aliphatic carbocycles. The molecule has 0 radical (unpaired) electrons. The van der Waals surface area contributed by atoms with Crippen LogP contribution in [0, 0.1) is 17.8 Å². The molecule has 2 rings (SSSR count). The lowest BCUT2D eigenvalue weighted by Crippen LogP contribution is -2.37. The summed E-state index contributed by atoms with van der Waals surface area (Å²) in [6, 6.07) is 6.68. The fourth-order valence-corrected chi connectivity index (χ4v) is 3.67. The predicted molar refractivity (Wildman–Crippen MR) is 89.4 cm³/mol. The normalized spacial score (nSPS) is 26.6. The zero-order valence-electron chi connectivity index (χ0n) is 12.9. The number of ether oxygens (including phenoxy) is 1. The molecule has 3 heteroatoms. The number of methoxy groups -OCH3 is 1. The molecule has 0 spiro atoms. The summed E-state index contributed by atoms with van der Waals surface area (Å²) in [4.78, 5) is 0. The molecular formula is C17H26BrNO. The van der Waals surface area contributed by atoms with E-state index in [1.165, 1.54) is 19.3 Å². The minimum absolute atomic E-state index is 0.558. The van der Waals surface area contributed by atoms with Gasteiger partial charge in [-0.3, -0.25) is 0 Å². The largest absolute Gasteiger partial charge is 0.497 e. The molecule has 0 amide bonds. The van der Waals surface area contributed by atoms with Crippen molar-refractivity contribution in [3.8, 4) is 5.75 Å². The van der Waals surface area contributed by atoms with E-state index in [0.717, 1.165) is 33.7 Å². The molecule has 1 aliphatic rings. The SMILES string of the molecule is COc1ccc(Br)c(NC2CC(C)CCC2C(C)C)c1. The lowest BCUT2D eigenvalue weighted by atomic mass is 9.74. The van der Waals surface area contributed by atoms with Gasteiger partial charge in [-0.25, -0.2) is 0 Å². The minimum Gasteiger partial charge on any atom is -0.497 e. The van der Waals surface area contributed by atoms with Crippen LogP contribution in [0.3, 0.4) is 0 Å². The van der Waals surface area contributed by atoms with Crippen molar-refractivity contribution in [1.29, 1.82) is 0 Å². The molecule has 0 saturated heterocycles. The smallest absolute Gasteiger partial charge is 0.121 e. The predicted octanol–water partition coefficient (Wildman–Crippen LogP) is 5.33. The van der Waals surface area contributed by atoms with Crippen molar-refractivity contribution in [1.82, 2.24) is 0 Å². The maximum absolute atomic E-state index is 5.33. The Balaban J connectivity index is 2.17. The van der Waals surface area contributed by atoms with E-state index in [9.17, 15) is 0 Å². The summed E-state index contributed by atoms with van der Waals surface area (Å²) in [6.07, 6.45) is 3.95. The fourth-order valence-electron chi connectivity index (χ4n) is 3.31. The molecular weight excluding hydrogens is 314 g/mol. The van der Waals surface area contributed by atoms with E-state index in [1.807, 2.05) is 6.07 Å². The molecule has 1 fully saturated rings. The Kier molecular flexibility index (Phi) is 5.36. The standard InChI is InChI=1S/C17H26BrNO/c1-11(2)14-7-5-12(3)9-16(14)19-17-10-13(20-4)6-8-15(17)18/h6,8,10-12,14,16,19H,5,7,9H2,1-4H3. The molecule has 1 saturated carbocycles. The summed E-state index contributed by atoms with van der Waals surface area (Å²) in [7, 11) is 1.71. The number of hydrogen-bond acceptors (Lipinski definition) is 2. The second kappa shape index (κ2) is 6.84. The van der Waals surface area contributed by atoms with E-state index in [-0.39, 0.29) is 0 Å². The number of anilines is 1. The molecule has 2 nitrogen and oxygen atoms in total. The second-order valence-corrected chi connectivity index (χ2v) is 7.28. The van der Waals surface area contributed by atoms with Crippen molar-refractivity contribution < 1.29 is 4.74 Å². The van der Waals surface area contributed by atoms with Gasteiger partial charge in [-0.1, -0.05) is 27.2 Å². The Labute approximate surface area is 131 Å². The third kappa shape index (κ3) is 3.69. The molecule has 0 aliphatic heterocycles. The molecule has 1 aromatic rings. The van der Waals surface area contributed by atoms with E-state index in [2.05, 4.69) is 54.2 Å². The Morgan fingerprint density at radius 3 is 2.70 bits per heavy atom. The van der Waals surface area contributed by atoms with Gasteiger partial charge in [0, 0.05) is 16.6 Å². The summed E-state index contributed by atoms with van der Waals surface area (Å²) < 4.78 is 6.44. The van der Waals surface area contributed by atoms with E-state index < -0.39 is 0 Å². The van der Waals surface area contributed by atoms with Gasteiger partial charge in [0.2, 0.25) is 0 Å². The molecule has 20 heavy (non-hydrogen) atoms. The summed E-state index contributed by atoms with van der Waals surface area (Å²) >= 11 is 3.64. The van der Waals surface area contributed by atoms with Gasteiger partial charge >= 0.3 is 0 Å². The Morgan fingerprint density at radius 1 is 1.30 bits per heavy atom. The zero-order chi connectivity index (χ0) is 14.7. The van der Waals surface area contributed by atoms with Crippen LogP contribution >= 0.6 is 15.9 Å². The van der Waals surface area contributed by atoms with E-state index in [1.54, 1.807) is 7.11 Å². The van der Waals surface area contributed by atoms with Gasteiger partial charge in [-0.2, -0.15) is 0 Å². The number of nitrogens with one attached hydrogen (secondary N) is 1. The quantitative estimate of drug-likeness (QED) is 0.800. The van der Waals surface area contributed by atoms with Crippen LogP contribution in [0.15, 0.2) is 22.7 Å². The summed E-state index contributed by atoms with van der Waals surface area (Å²) in [5.74, 6) is 3.20. The van der Waals surface area contributed by atoms with Crippen molar-refractivity contribution in [3.63, 3.8) is 0 Å². The Hall–Kier alpha value is -0.700. The van der Waals surface area contributed by atoms with Crippen LogP contribution in [0.5, 0.6) is 5.75 Å². The molecule has 0 bridgehead atoms. The van der Waals surface area contributed by atoms with Crippen molar-refractivity contribution in [2.24, 2.45) is 17.8 Å².